The third-order valence-corrected chi connectivity index (χ3v) is 9.49. The highest BCUT2D eigenvalue weighted by Crippen LogP contribution is 2.40. The van der Waals surface area contributed by atoms with E-state index in [-0.39, 0.29) is 18.1 Å². The summed E-state index contributed by atoms with van der Waals surface area (Å²) >= 11 is 0. The van der Waals surface area contributed by atoms with Crippen LogP contribution in [0.4, 0.5) is 18.0 Å². The van der Waals surface area contributed by atoms with Crippen molar-refractivity contribution < 1.29 is 37.0 Å². The standard InChI is InChI=1S/C20H40F3NO5Si/c1-17(2,3)28-16(26)24-19(7,8)27-12-11-15(14(13-25)20(21,22)23)29-30(9,10)18(4,5)6/h14-15,25H,11-13H2,1-10H3,(H,24,26). The molecule has 6 nitrogen and oxygen atoms in total. The molecule has 0 aliphatic rings. The van der Waals surface area contributed by atoms with Crippen LogP contribution in [0.25, 0.3) is 0 Å². The molecule has 180 valence electrons. The van der Waals surface area contributed by atoms with E-state index in [9.17, 15) is 23.1 Å². The van der Waals surface area contributed by atoms with E-state index in [2.05, 4.69) is 5.32 Å². The van der Waals surface area contributed by atoms with Crippen molar-refractivity contribution >= 4 is 14.4 Å². The molecule has 1 amide bonds. The van der Waals surface area contributed by atoms with E-state index in [1.165, 1.54) is 0 Å². The molecule has 0 aliphatic heterocycles. The minimum Gasteiger partial charge on any atom is -0.444 e. The molecule has 0 heterocycles. The molecule has 10 heteroatoms. The van der Waals surface area contributed by atoms with Crippen molar-refractivity contribution in [1.29, 1.82) is 0 Å². The van der Waals surface area contributed by atoms with Gasteiger partial charge in [-0.3, -0.25) is 5.32 Å². The number of rotatable bonds is 9. The summed E-state index contributed by atoms with van der Waals surface area (Å²) in [5, 5.41) is 11.7. The first kappa shape index (κ1) is 29.2. The van der Waals surface area contributed by atoms with Crippen LogP contribution in [-0.2, 0) is 13.9 Å². The van der Waals surface area contributed by atoms with Crippen LogP contribution in [0.5, 0.6) is 0 Å². The molecular weight excluding hydrogens is 419 g/mol. The molecule has 0 aromatic heterocycles. The highest BCUT2D eigenvalue weighted by Gasteiger charge is 2.48. The molecule has 0 aromatic carbocycles. The smallest absolute Gasteiger partial charge is 0.409 e. The van der Waals surface area contributed by atoms with Crippen LogP contribution in [0.15, 0.2) is 0 Å². The number of hydrogen-bond acceptors (Lipinski definition) is 5. The van der Waals surface area contributed by atoms with E-state index >= 15 is 0 Å². The largest absolute Gasteiger partial charge is 0.444 e. The Morgan fingerprint density at radius 1 is 1.03 bits per heavy atom. The van der Waals surface area contributed by atoms with Crippen molar-refractivity contribution in [1.82, 2.24) is 5.32 Å². The lowest BCUT2D eigenvalue weighted by molar-refractivity contribution is -0.209. The molecule has 0 rings (SSSR count). The van der Waals surface area contributed by atoms with Crippen LogP contribution in [-0.4, -0.2) is 56.3 Å². The number of amides is 1. The first-order valence-electron chi connectivity index (χ1n) is 10.1. The predicted molar refractivity (Wildman–Crippen MR) is 113 cm³/mol. The van der Waals surface area contributed by atoms with Crippen molar-refractivity contribution in [2.24, 2.45) is 5.92 Å². The van der Waals surface area contributed by atoms with E-state index in [0.29, 0.717) is 0 Å². The number of alkyl halides is 3. The van der Waals surface area contributed by atoms with Crippen molar-refractivity contribution in [2.75, 3.05) is 13.2 Å². The maximum absolute atomic E-state index is 13.5. The minimum atomic E-state index is -4.61. The summed E-state index contributed by atoms with van der Waals surface area (Å²) in [5.41, 5.74) is -1.85. The molecule has 0 fully saturated rings. The van der Waals surface area contributed by atoms with Gasteiger partial charge in [0.25, 0.3) is 0 Å². The Kier molecular flexibility index (Phi) is 9.90. The molecule has 2 atom stereocenters. The molecule has 0 bridgehead atoms. The zero-order valence-corrected chi connectivity index (χ0v) is 21.0. The Balaban J connectivity index is 5.24. The zero-order chi connectivity index (χ0) is 24.2. The molecule has 2 unspecified atom stereocenters. The van der Waals surface area contributed by atoms with Crippen LogP contribution in [0.2, 0.25) is 18.1 Å². The summed E-state index contributed by atoms with van der Waals surface area (Å²) in [6.45, 7) is 16.7. The van der Waals surface area contributed by atoms with Gasteiger partial charge in [0.05, 0.1) is 19.3 Å². The number of aliphatic hydroxyl groups excluding tert-OH is 1. The Morgan fingerprint density at radius 2 is 1.53 bits per heavy atom. The van der Waals surface area contributed by atoms with Crippen molar-refractivity contribution in [3.05, 3.63) is 0 Å². The van der Waals surface area contributed by atoms with Crippen molar-refractivity contribution in [3.63, 3.8) is 0 Å². The Bertz CT molecular complexity index is 554. The third-order valence-electron chi connectivity index (χ3n) is 4.99. The Hall–Kier alpha value is -0.843. The molecule has 0 saturated heterocycles. The first-order chi connectivity index (χ1) is 13.1. The fraction of sp³-hybridized carbons (Fsp3) is 0.950. The van der Waals surface area contributed by atoms with Gasteiger partial charge in [0.2, 0.25) is 0 Å². The summed E-state index contributed by atoms with van der Waals surface area (Å²) in [5.74, 6) is -2.02. The quantitative estimate of drug-likeness (QED) is 0.365. The van der Waals surface area contributed by atoms with E-state index < -0.39 is 50.5 Å². The van der Waals surface area contributed by atoms with Gasteiger partial charge in [-0.2, -0.15) is 13.2 Å². The summed E-state index contributed by atoms with van der Waals surface area (Å²) in [7, 11) is -2.53. The van der Waals surface area contributed by atoms with Crippen LogP contribution in [0.3, 0.4) is 0 Å². The molecule has 2 N–H and O–H groups in total. The predicted octanol–water partition coefficient (Wildman–Crippen LogP) is 5.22. The summed E-state index contributed by atoms with van der Waals surface area (Å²) < 4.78 is 57.3. The van der Waals surface area contributed by atoms with Crippen LogP contribution < -0.4 is 5.32 Å². The van der Waals surface area contributed by atoms with Gasteiger partial charge in [0.15, 0.2) is 8.32 Å². The van der Waals surface area contributed by atoms with Crippen LogP contribution >= 0.6 is 0 Å². The topological polar surface area (TPSA) is 77.0 Å². The zero-order valence-electron chi connectivity index (χ0n) is 20.0. The Labute approximate surface area is 180 Å². The number of nitrogens with one attached hydrogen (secondary N) is 1. The number of aliphatic hydroxyl groups is 1. The van der Waals surface area contributed by atoms with E-state index in [0.717, 1.165) is 0 Å². The van der Waals surface area contributed by atoms with Gasteiger partial charge in [-0.05, 0) is 59.2 Å². The number of carbonyl (C=O) groups is 1. The molecule has 0 radical (unpaired) electrons. The second kappa shape index (κ2) is 10.2. The van der Waals surface area contributed by atoms with Crippen LogP contribution in [0.1, 0.15) is 61.8 Å². The first-order valence-corrected chi connectivity index (χ1v) is 13.0. The molecule has 0 spiro atoms. The lowest BCUT2D eigenvalue weighted by atomic mass is 10.0. The minimum absolute atomic E-state index is 0.0866. The summed E-state index contributed by atoms with van der Waals surface area (Å²) in [4.78, 5) is 11.9. The van der Waals surface area contributed by atoms with Gasteiger partial charge in [0, 0.05) is 0 Å². The molecule has 0 saturated carbocycles. The SMILES string of the molecule is CC(C)(C)OC(=O)NC(C)(C)OCCC(O[Si](C)(C)C(C)(C)C)C(CO)C(F)(F)F. The highest BCUT2D eigenvalue weighted by molar-refractivity contribution is 6.74. The second-order valence-corrected chi connectivity index (χ2v) is 15.3. The van der Waals surface area contributed by atoms with Crippen molar-refractivity contribution in [3.8, 4) is 0 Å². The fourth-order valence-corrected chi connectivity index (χ4v) is 3.74. The molecule has 30 heavy (non-hydrogen) atoms. The number of halogens is 3. The van der Waals surface area contributed by atoms with Gasteiger partial charge in [-0.1, -0.05) is 20.8 Å². The average molecular weight is 460 g/mol. The Morgan fingerprint density at radius 3 is 1.90 bits per heavy atom. The van der Waals surface area contributed by atoms with Gasteiger partial charge in [0.1, 0.15) is 17.2 Å². The maximum Gasteiger partial charge on any atom is 0.409 e. The normalized spacial score (nSPS) is 16.2. The van der Waals surface area contributed by atoms with Crippen molar-refractivity contribution in [2.45, 2.75) is 104 Å². The maximum atomic E-state index is 13.5. The summed E-state index contributed by atoms with van der Waals surface area (Å²) in [6.07, 6.45) is -6.64. The third kappa shape index (κ3) is 10.5. The fourth-order valence-electron chi connectivity index (χ4n) is 2.35. The van der Waals surface area contributed by atoms with Gasteiger partial charge >= 0.3 is 12.3 Å². The highest BCUT2D eigenvalue weighted by atomic mass is 28.4. The number of hydrogen-bond donors (Lipinski definition) is 2. The monoisotopic (exact) mass is 459 g/mol. The molecule has 0 aliphatic carbocycles. The molecule has 0 aromatic rings. The van der Waals surface area contributed by atoms with E-state index in [1.54, 1.807) is 34.6 Å². The summed E-state index contributed by atoms with van der Waals surface area (Å²) in [6, 6.07) is 0. The van der Waals surface area contributed by atoms with E-state index in [4.69, 9.17) is 13.9 Å². The van der Waals surface area contributed by atoms with Gasteiger partial charge < -0.3 is 19.0 Å². The van der Waals surface area contributed by atoms with Gasteiger partial charge in [-0.15, -0.1) is 0 Å². The lowest BCUT2D eigenvalue weighted by Gasteiger charge is -2.41. The van der Waals surface area contributed by atoms with Crippen LogP contribution in [0, 0.1) is 5.92 Å². The number of ether oxygens (including phenoxy) is 2. The second-order valence-electron chi connectivity index (χ2n) is 10.5. The van der Waals surface area contributed by atoms with Gasteiger partial charge in [-0.25, -0.2) is 4.79 Å². The average Bonchev–Trinajstić information content (AvgIpc) is 2.41. The number of alkyl carbamates (subject to hydrolysis) is 1. The number of carbonyl (C=O) groups excluding carboxylic acids is 1. The van der Waals surface area contributed by atoms with E-state index in [1.807, 2.05) is 33.9 Å². The molecular formula is C20H40F3NO5Si. The lowest BCUT2D eigenvalue weighted by Crippen LogP contribution is -2.50.